The number of carbonyl (C=O) groups excluding carboxylic acids is 2. The van der Waals surface area contributed by atoms with Crippen LogP contribution in [0.3, 0.4) is 0 Å². The Morgan fingerprint density at radius 1 is 1.15 bits per heavy atom. The van der Waals surface area contributed by atoms with Gasteiger partial charge in [-0.1, -0.05) is 47.5 Å². The molecule has 0 aromatic carbocycles. The minimum atomic E-state index is -0.360. The van der Waals surface area contributed by atoms with Gasteiger partial charge in [-0.3, -0.25) is 9.59 Å². The monoisotopic (exact) mass is 280 g/mol. The normalized spacial score (nSPS) is 29.2. The van der Waals surface area contributed by atoms with Gasteiger partial charge in [-0.15, -0.1) is 0 Å². The summed E-state index contributed by atoms with van der Waals surface area (Å²) in [6.45, 7) is 10.1. The largest absolute Gasteiger partial charge is 0.342 e. The fraction of sp³-hybridized carbons (Fsp3) is 0.875. The van der Waals surface area contributed by atoms with E-state index in [1.54, 1.807) is 0 Å². The van der Waals surface area contributed by atoms with E-state index in [1.165, 1.54) is 12.8 Å². The summed E-state index contributed by atoms with van der Waals surface area (Å²) in [7, 11) is 0. The minimum Gasteiger partial charge on any atom is -0.342 e. The molecule has 2 aliphatic rings. The standard InChI is InChI=1S/C16H28N2O2/c1-10(2)12-15(20)18(11-8-6-7-9-11)13(14(19)17-12)16(3,4)5/h10-13H,6-9H2,1-5H3,(H,17,19). The number of rotatable bonds is 2. The molecule has 1 aliphatic carbocycles. The van der Waals surface area contributed by atoms with Crippen LogP contribution in [0.2, 0.25) is 0 Å². The Hall–Kier alpha value is -1.06. The lowest BCUT2D eigenvalue weighted by Gasteiger charge is -2.48. The van der Waals surface area contributed by atoms with Crippen molar-refractivity contribution < 1.29 is 9.59 Å². The van der Waals surface area contributed by atoms with Crippen LogP contribution in [0.1, 0.15) is 60.3 Å². The summed E-state index contributed by atoms with van der Waals surface area (Å²) in [5.41, 5.74) is -0.232. The van der Waals surface area contributed by atoms with E-state index < -0.39 is 0 Å². The minimum absolute atomic E-state index is 0.0164. The van der Waals surface area contributed by atoms with Gasteiger partial charge >= 0.3 is 0 Å². The van der Waals surface area contributed by atoms with Crippen molar-refractivity contribution in [3.8, 4) is 0 Å². The van der Waals surface area contributed by atoms with Gasteiger partial charge in [-0.2, -0.15) is 0 Å². The molecule has 4 heteroatoms. The molecule has 0 aromatic rings. The molecule has 0 bridgehead atoms. The highest BCUT2D eigenvalue weighted by Gasteiger charge is 2.49. The first-order valence-corrected chi connectivity index (χ1v) is 7.86. The molecule has 1 saturated carbocycles. The van der Waals surface area contributed by atoms with Gasteiger partial charge in [-0.05, 0) is 24.2 Å². The van der Waals surface area contributed by atoms with Gasteiger partial charge in [0.25, 0.3) is 0 Å². The first kappa shape index (κ1) is 15.3. The van der Waals surface area contributed by atoms with Crippen molar-refractivity contribution >= 4 is 11.8 Å². The molecule has 1 aliphatic heterocycles. The lowest BCUT2D eigenvalue weighted by Crippen LogP contribution is -2.69. The topological polar surface area (TPSA) is 49.4 Å². The lowest BCUT2D eigenvalue weighted by molar-refractivity contribution is -0.158. The predicted octanol–water partition coefficient (Wildman–Crippen LogP) is 2.33. The van der Waals surface area contributed by atoms with Crippen LogP contribution in [-0.4, -0.2) is 34.8 Å². The highest BCUT2D eigenvalue weighted by Crippen LogP contribution is 2.35. The molecule has 1 N–H and O–H groups in total. The zero-order chi connectivity index (χ0) is 15.1. The molecular weight excluding hydrogens is 252 g/mol. The SMILES string of the molecule is CC(C)C1NC(=O)C(C(C)(C)C)N(C2CCCC2)C1=O. The molecule has 1 saturated heterocycles. The lowest BCUT2D eigenvalue weighted by atomic mass is 9.81. The number of nitrogens with zero attached hydrogens (tertiary/aromatic N) is 1. The number of amides is 2. The Balaban J connectivity index is 2.35. The summed E-state index contributed by atoms with van der Waals surface area (Å²) < 4.78 is 0. The quantitative estimate of drug-likeness (QED) is 0.844. The molecule has 0 aromatic heterocycles. The molecule has 0 spiro atoms. The van der Waals surface area contributed by atoms with E-state index in [1.807, 2.05) is 39.5 Å². The fourth-order valence-corrected chi connectivity index (χ4v) is 3.54. The van der Waals surface area contributed by atoms with E-state index in [-0.39, 0.29) is 41.3 Å². The molecule has 1 heterocycles. The molecule has 2 rings (SSSR count). The highest BCUT2D eigenvalue weighted by atomic mass is 16.2. The summed E-state index contributed by atoms with van der Waals surface area (Å²) in [5.74, 6) is 0.269. The van der Waals surface area contributed by atoms with Crippen LogP contribution in [0.15, 0.2) is 0 Å². The first-order valence-electron chi connectivity index (χ1n) is 7.86. The van der Waals surface area contributed by atoms with Gasteiger partial charge in [-0.25, -0.2) is 0 Å². The van der Waals surface area contributed by atoms with Crippen LogP contribution in [0.25, 0.3) is 0 Å². The molecule has 2 atom stereocenters. The average Bonchev–Trinajstić information content (AvgIpc) is 2.82. The van der Waals surface area contributed by atoms with E-state index in [2.05, 4.69) is 5.32 Å². The number of carbonyl (C=O) groups is 2. The Morgan fingerprint density at radius 3 is 2.15 bits per heavy atom. The Bertz CT molecular complexity index is 392. The summed E-state index contributed by atoms with van der Waals surface area (Å²) in [6.07, 6.45) is 4.41. The zero-order valence-electron chi connectivity index (χ0n) is 13.4. The van der Waals surface area contributed by atoms with Crippen molar-refractivity contribution in [2.75, 3.05) is 0 Å². The summed E-state index contributed by atoms with van der Waals surface area (Å²) >= 11 is 0. The van der Waals surface area contributed by atoms with E-state index in [0.29, 0.717) is 0 Å². The summed E-state index contributed by atoms with van der Waals surface area (Å²) in [6, 6.07) is -0.450. The van der Waals surface area contributed by atoms with Gasteiger partial charge in [0.15, 0.2) is 0 Å². The van der Waals surface area contributed by atoms with Crippen molar-refractivity contribution in [1.82, 2.24) is 10.2 Å². The molecule has 114 valence electrons. The smallest absolute Gasteiger partial charge is 0.246 e. The zero-order valence-corrected chi connectivity index (χ0v) is 13.4. The van der Waals surface area contributed by atoms with E-state index in [9.17, 15) is 9.59 Å². The molecule has 20 heavy (non-hydrogen) atoms. The Kier molecular flexibility index (Phi) is 4.12. The molecule has 2 amide bonds. The highest BCUT2D eigenvalue weighted by molar-refractivity contribution is 5.97. The number of nitrogens with one attached hydrogen (secondary N) is 1. The first-order chi connectivity index (χ1) is 9.23. The van der Waals surface area contributed by atoms with E-state index in [0.717, 1.165) is 12.8 Å². The summed E-state index contributed by atoms with van der Waals surface area (Å²) in [4.78, 5) is 27.4. The van der Waals surface area contributed by atoms with Crippen molar-refractivity contribution in [3.63, 3.8) is 0 Å². The van der Waals surface area contributed by atoms with Crippen LogP contribution >= 0.6 is 0 Å². The van der Waals surface area contributed by atoms with Gasteiger partial charge in [0.2, 0.25) is 11.8 Å². The van der Waals surface area contributed by atoms with E-state index in [4.69, 9.17) is 0 Å². The van der Waals surface area contributed by atoms with Crippen LogP contribution in [0, 0.1) is 11.3 Å². The predicted molar refractivity (Wildman–Crippen MR) is 79.1 cm³/mol. The van der Waals surface area contributed by atoms with E-state index >= 15 is 0 Å². The van der Waals surface area contributed by atoms with Gasteiger partial charge < -0.3 is 10.2 Å². The molecule has 4 nitrogen and oxygen atoms in total. The third-order valence-electron chi connectivity index (χ3n) is 4.55. The number of hydrogen-bond donors (Lipinski definition) is 1. The van der Waals surface area contributed by atoms with Gasteiger partial charge in [0.05, 0.1) is 0 Å². The second-order valence-corrected chi connectivity index (χ2v) is 7.68. The molecule has 2 fully saturated rings. The second-order valence-electron chi connectivity index (χ2n) is 7.68. The Labute approximate surface area is 122 Å². The van der Waals surface area contributed by atoms with Crippen LogP contribution in [-0.2, 0) is 9.59 Å². The van der Waals surface area contributed by atoms with Crippen molar-refractivity contribution in [3.05, 3.63) is 0 Å². The third kappa shape index (κ3) is 2.70. The number of piperazine rings is 1. The van der Waals surface area contributed by atoms with Crippen molar-refractivity contribution in [2.24, 2.45) is 11.3 Å². The maximum Gasteiger partial charge on any atom is 0.246 e. The van der Waals surface area contributed by atoms with Crippen LogP contribution in [0.4, 0.5) is 0 Å². The fourth-order valence-electron chi connectivity index (χ4n) is 3.54. The van der Waals surface area contributed by atoms with Crippen LogP contribution in [0.5, 0.6) is 0 Å². The Morgan fingerprint density at radius 2 is 1.70 bits per heavy atom. The molecular formula is C16H28N2O2. The average molecular weight is 280 g/mol. The maximum absolute atomic E-state index is 12.9. The second kappa shape index (κ2) is 5.38. The van der Waals surface area contributed by atoms with Crippen molar-refractivity contribution in [1.29, 1.82) is 0 Å². The maximum atomic E-state index is 12.9. The van der Waals surface area contributed by atoms with Crippen molar-refractivity contribution in [2.45, 2.75) is 78.4 Å². The third-order valence-corrected chi connectivity index (χ3v) is 4.55. The van der Waals surface area contributed by atoms with Gasteiger partial charge in [0.1, 0.15) is 12.1 Å². The number of hydrogen-bond acceptors (Lipinski definition) is 2. The summed E-state index contributed by atoms with van der Waals surface area (Å²) in [5, 5.41) is 2.95. The molecule has 2 unspecified atom stereocenters. The van der Waals surface area contributed by atoms with Crippen LogP contribution < -0.4 is 5.32 Å². The molecule has 0 radical (unpaired) electrons. The van der Waals surface area contributed by atoms with Gasteiger partial charge in [0, 0.05) is 6.04 Å².